The van der Waals surface area contributed by atoms with Crippen LogP contribution in [0.4, 0.5) is 18.9 Å². The second-order valence-corrected chi connectivity index (χ2v) is 8.08. The van der Waals surface area contributed by atoms with Crippen LogP contribution in [-0.2, 0) is 20.0 Å². The lowest BCUT2D eigenvalue weighted by Gasteiger charge is -2.10. The highest BCUT2D eigenvalue weighted by Gasteiger charge is 2.21. The van der Waals surface area contributed by atoms with E-state index in [-0.39, 0.29) is 9.79 Å². The summed E-state index contributed by atoms with van der Waals surface area (Å²) in [6, 6.07) is 5.31. The van der Waals surface area contributed by atoms with Crippen molar-refractivity contribution in [2.24, 2.45) is 0 Å². The molecule has 130 valence electrons. The topological polar surface area (TPSA) is 92.3 Å². The molecular weight excluding hydrogens is 369 g/mol. The van der Waals surface area contributed by atoms with E-state index < -0.39 is 43.2 Å². The summed E-state index contributed by atoms with van der Waals surface area (Å²) in [6.45, 7) is 0. The first-order valence-corrected chi connectivity index (χ1v) is 9.25. The van der Waals surface area contributed by atoms with E-state index in [0.717, 1.165) is 30.3 Å². The van der Waals surface area contributed by atoms with Crippen LogP contribution in [0.25, 0.3) is 0 Å². The maximum Gasteiger partial charge on any atom is 0.261 e. The summed E-state index contributed by atoms with van der Waals surface area (Å²) in [5.41, 5.74) is -0.777. The van der Waals surface area contributed by atoms with Crippen molar-refractivity contribution >= 4 is 25.7 Å². The van der Waals surface area contributed by atoms with Gasteiger partial charge in [0.15, 0.2) is 17.5 Å². The van der Waals surface area contributed by atoms with E-state index in [0.29, 0.717) is 6.07 Å². The predicted octanol–water partition coefficient (Wildman–Crippen LogP) is 1.81. The third kappa shape index (κ3) is 3.52. The van der Waals surface area contributed by atoms with Gasteiger partial charge in [0.25, 0.3) is 10.0 Å². The fourth-order valence-electron chi connectivity index (χ4n) is 1.72. The summed E-state index contributed by atoms with van der Waals surface area (Å²) >= 11 is 0. The van der Waals surface area contributed by atoms with Crippen molar-refractivity contribution in [3.05, 3.63) is 53.8 Å². The molecule has 6 nitrogen and oxygen atoms in total. The van der Waals surface area contributed by atoms with Crippen LogP contribution < -0.4 is 9.44 Å². The summed E-state index contributed by atoms with van der Waals surface area (Å²) in [6.07, 6.45) is 0. The van der Waals surface area contributed by atoms with Crippen molar-refractivity contribution in [3.8, 4) is 0 Å². The van der Waals surface area contributed by atoms with Gasteiger partial charge < -0.3 is 0 Å². The fourth-order valence-corrected chi connectivity index (χ4v) is 3.51. The number of hydrogen-bond donors (Lipinski definition) is 2. The zero-order valence-corrected chi connectivity index (χ0v) is 13.7. The molecule has 2 aromatic carbocycles. The van der Waals surface area contributed by atoms with Crippen molar-refractivity contribution < 1.29 is 30.0 Å². The maximum atomic E-state index is 13.5. The SMILES string of the molecule is CNS(=O)(=O)c1ccc(S(=O)(=O)Nc2ccc(F)c(F)c2F)cc1. The molecule has 0 aliphatic heterocycles. The lowest BCUT2D eigenvalue weighted by molar-refractivity contribution is 0.449. The van der Waals surface area contributed by atoms with Crippen LogP contribution in [0.2, 0.25) is 0 Å². The molecule has 0 bridgehead atoms. The van der Waals surface area contributed by atoms with Gasteiger partial charge in [-0.25, -0.2) is 34.7 Å². The minimum Gasteiger partial charge on any atom is -0.277 e. The van der Waals surface area contributed by atoms with Crippen LogP contribution in [0.15, 0.2) is 46.2 Å². The first-order chi connectivity index (χ1) is 11.1. The van der Waals surface area contributed by atoms with Gasteiger partial charge in [0.1, 0.15) is 0 Å². The van der Waals surface area contributed by atoms with Gasteiger partial charge in [0.05, 0.1) is 15.5 Å². The van der Waals surface area contributed by atoms with Crippen LogP contribution in [-0.4, -0.2) is 23.9 Å². The van der Waals surface area contributed by atoms with Gasteiger partial charge in [-0.15, -0.1) is 0 Å². The Morgan fingerprint density at radius 2 is 1.25 bits per heavy atom. The second kappa shape index (κ2) is 6.42. The summed E-state index contributed by atoms with van der Waals surface area (Å²) in [4.78, 5) is -0.565. The molecule has 0 heterocycles. The molecular formula is C13H11F3N2O4S2. The molecule has 2 rings (SSSR count). The van der Waals surface area contributed by atoms with Gasteiger partial charge in [-0.3, -0.25) is 4.72 Å². The third-order valence-corrected chi connectivity index (χ3v) is 5.80. The molecule has 0 saturated heterocycles. The lowest BCUT2D eigenvalue weighted by atomic mass is 10.3. The van der Waals surface area contributed by atoms with Crippen molar-refractivity contribution in [3.63, 3.8) is 0 Å². The maximum absolute atomic E-state index is 13.5. The van der Waals surface area contributed by atoms with E-state index in [1.165, 1.54) is 7.05 Å². The van der Waals surface area contributed by atoms with Crippen LogP contribution in [0, 0.1) is 17.5 Å². The van der Waals surface area contributed by atoms with Crippen molar-refractivity contribution in [2.75, 3.05) is 11.8 Å². The standard InChI is InChI=1S/C13H11F3N2O4S2/c1-17-23(19,20)8-2-4-9(5-3-8)24(21,22)18-11-7-6-10(14)12(15)13(11)16/h2-7,17-18H,1H3. The Kier molecular flexibility index (Phi) is 4.87. The molecule has 24 heavy (non-hydrogen) atoms. The van der Waals surface area contributed by atoms with E-state index in [1.54, 1.807) is 4.72 Å². The number of benzene rings is 2. The number of halogens is 3. The molecule has 0 aliphatic carbocycles. The minimum atomic E-state index is -4.33. The number of rotatable bonds is 5. The van der Waals surface area contributed by atoms with Gasteiger partial charge in [0, 0.05) is 0 Å². The quantitative estimate of drug-likeness (QED) is 0.774. The molecule has 0 amide bonds. The van der Waals surface area contributed by atoms with Crippen molar-refractivity contribution in [1.29, 1.82) is 0 Å². The predicted molar refractivity (Wildman–Crippen MR) is 79.8 cm³/mol. The smallest absolute Gasteiger partial charge is 0.261 e. The Hall–Kier alpha value is -2.11. The Morgan fingerprint density at radius 3 is 1.75 bits per heavy atom. The number of anilines is 1. The highest BCUT2D eigenvalue weighted by atomic mass is 32.2. The molecule has 0 spiro atoms. The van der Waals surface area contributed by atoms with Gasteiger partial charge in [0.2, 0.25) is 10.0 Å². The summed E-state index contributed by atoms with van der Waals surface area (Å²) < 4.78 is 90.7. The average molecular weight is 380 g/mol. The average Bonchev–Trinajstić information content (AvgIpc) is 2.55. The fraction of sp³-hybridized carbons (Fsp3) is 0.0769. The molecule has 0 atom stereocenters. The molecule has 11 heteroatoms. The zero-order valence-electron chi connectivity index (χ0n) is 12.0. The lowest BCUT2D eigenvalue weighted by Crippen LogP contribution is -2.19. The minimum absolute atomic E-state index is 0.178. The van der Waals surface area contributed by atoms with Gasteiger partial charge in [-0.05, 0) is 43.4 Å². The Bertz CT molecular complexity index is 975. The summed E-state index contributed by atoms with van der Waals surface area (Å²) in [5, 5.41) is 0. The van der Waals surface area contributed by atoms with Crippen molar-refractivity contribution in [1.82, 2.24) is 4.72 Å². The second-order valence-electron chi connectivity index (χ2n) is 4.51. The Morgan fingerprint density at radius 1 is 0.750 bits per heavy atom. The Balaban J connectivity index is 2.37. The molecule has 0 unspecified atom stereocenters. The molecule has 0 aromatic heterocycles. The van der Waals surface area contributed by atoms with E-state index in [2.05, 4.69) is 4.72 Å². The first-order valence-electron chi connectivity index (χ1n) is 6.28. The molecule has 0 saturated carbocycles. The first kappa shape index (κ1) is 18.2. The molecule has 0 radical (unpaired) electrons. The highest BCUT2D eigenvalue weighted by Crippen LogP contribution is 2.23. The van der Waals surface area contributed by atoms with Crippen LogP contribution in [0.5, 0.6) is 0 Å². The van der Waals surface area contributed by atoms with Crippen LogP contribution >= 0.6 is 0 Å². The van der Waals surface area contributed by atoms with Crippen molar-refractivity contribution in [2.45, 2.75) is 9.79 Å². The number of sulfonamides is 2. The van der Waals surface area contributed by atoms with Gasteiger partial charge in [-0.2, -0.15) is 0 Å². The third-order valence-electron chi connectivity index (χ3n) is 2.99. The van der Waals surface area contributed by atoms with Gasteiger partial charge >= 0.3 is 0 Å². The largest absolute Gasteiger partial charge is 0.277 e. The van der Waals surface area contributed by atoms with Gasteiger partial charge in [-0.1, -0.05) is 0 Å². The van der Waals surface area contributed by atoms with E-state index >= 15 is 0 Å². The normalized spacial score (nSPS) is 12.2. The van der Waals surface area contributed by atoms with Crippen LogP contribution in [0.1, 0.15) is 0 Å². The summed E-state index contributed by atoms with van der Waals surface area (Å²) in [5.74, 6) is -4.96. The van der Waals surface area contributed by atoms with E-state index in [1.807, 2.05) is 0 Å². The highest BCUT2D eigenvalue weighted by molar-refractivity contribution is 7.92. The number of nitrogens with one attached hydrogen (secondary N) is 2. The van der Waals surface area contributed by atoms with E-state index in [4.69, 9.17) is 0 Å². The molecule has 0 fully saturated rings. The van der Waals surface area contributed by atoms with E-state index in [9.17, 15) is 30.0 Å². The number of hydrogen-bond acceptors (Lipinski definition) is 4. The molecule has 2 N–H and O–H groups in total. The monoisotopic (exact) mass is 380 g/mol. The molecule has 2 aromatic rings. The summed E-state index contributed by atoms with van der Waals surface area (Å²) in [7, 11) is -6.89. The molecule has 0 aliphatic rings. The Labute approximate surface area is 136 Å². The zero-order chi connectivity index (χ0) is 18.1. The van der Waals surface area contributed by atoms with Crippen LogP contribution in [0.3, 0.4) is 0 Å².